The van der Waals surface area contributed by atoms with Gasteiger partial charge in [-0.1, -0.05) is 12.1 Å². The first-order valence-electron chi connectivity index (χ1n) is 16.9. The fourth-order valence-electron chi connectivity index (χ4n) is 8.79. The van der Waals surface area contributed by atoms with Gasteiger partial charge in [0.05, 0.1) is 6.61 Å². The Morgan fingerprint density at radius 2 is 1.64 bits per heavy atom. The number of likely N-dealkylation sites (N-methyl/N-ethyl adjacent to an activating group) is 1. The number of likely N-dealkylation sites (tertiary alicyclic amines) is 1. The SMILES string of the molecule is CN1CC2CCC(C1)N2CC1(COc2nc(N3CC4CCC(C3)N4)c3ccc(-c4cc(O)cc5ccc(F)c(F)c45)c(F)c3n2)CC1. The second-order valence-corrected chi connectivity index (χ2v) is 14.7. The predicted molar refractivity (Wildman–Crippen MR) is 174 cm³/mol. The summed E-state index contributed by atoms with van der Waals surface area (Å²) < 4.78 is 52.8. The van der Waals surface area contributed by atoms with Gasteiger partial charge in [0.25, 0.3) is 0 Å². The highest BCUT2D eigenvalue weighted by atomic mass is 19.2. The lowest BCUT2D eigenvalue weighted by atomic mass is 9.95. The molecule has 47 heavy (non-hydrogen) atoms. The van der Waals surface area contributed by atoms with Crippen LogP contribution < -0.4 is 15.0 Å². The van der Waals surface area contributed by atoms with Gasteiger partial charge in [-0.05, 0) is 80.8 Å². The third-order valence-corrected chi connectivity index (χ3v) is 11.4. The number of anilines is 1. The number of nitrogens with zero attached hydrogens (tertiary/aromatic N) is 5. The molecule has 8 nitrogen and oxygen atoms in total. The molecule has 4 aromatic rings. The maximum absolute atomic E-state index is 16.8. The fourth-order valence-corrected chi connectivity index (χ4v) is 8.79. The topological polar surface area (TPSA) is 77.0 Å². The Hall–Kier alpha value is -3.67. The molecule has 2 N–H and O–H groups in total. The van der Waals surface area contributed by atoms with Gasteiger partial charge in [-0.25, -0.2) is 13.2 Å². The van der Waals surface area contributed by atoms with E-state index >= 15 is 8.78 Å². The van der Waals surface area contributed by atoms with Crippen molar-refractivity contribution in [3.8, 4) is 22.9 Å². The van der Waals surface area contributed by atoms with E-state index in [1.807, 2.05) is 0 Å². The van der Waals surface area contributed by atoms with E-state index in [1.54, 1.807) is 12.1 Å². The second-order valence-electron chi connectivity index (χ2n) is 14.7. The molecule has 1 saturated carbocycles. The highest BCUT2D eigenvalue weighted by Crippen LogP contribution is 2.49. The average Bonchev–Trinajstić information content (AvgIpc) is 3.69. The van der Waals surface area contributed by atoms with Crippen LogP contribution in [0.3, 0.4) is 0 Å². The van der Waals surface area contributed by atoms with Crippen LogP contribution in [0.5, 0.6) is 11.8 Å². The van der Waals surface area contributed by atoms with Crippen LogP contribution in [0.2, 0.25) is 0 Å². The monoisotopic (exact) mass is 644 g/mol. The number of halogens is 3. The molecule has 4 saturated heterocycles. The van der Waals surface area contributed by atoms with Gasteiger partial charge in [0.2, 0.25) is 0 Å². The van der Waals surface area contributed by atoms with E-state index in [9.17, 15) is 9.50 Å². The van der Waals surface area contributed by atoms with E-state index in [0.717, 1.165) is 64.5 Å². The fraction of sp³-hybridized carbons (Fsp3) is 0.500. The summed E-state index contributed by atoms with van der Waals surface area (Å²) in [6, 6.07) is 10.2. The second kappa shape index (κ2) is 10.9. The van der Waals surface area contributed by atoms with Gasteiger partial charge in [0, 0.05) is 78.6 Å². The van der Waals surface area contributed by atoms with E-state index in [0.29, 0.717) is 42.0 Å². The quantitative estimate of drug-likeness (QED) is 0.275. The van der Waals surface area contributed by atoms with Crippen molar-refractivity contribution in [1.29, 1.82) is 0 Å². The maximum Gasteiger partial charge on any atom is 0.319 e. The molecular formula is C36H39F3N6O2. The summed E-state index contributed by atoms with van der Waals surface area (Å²) >= 11 is 0. The number of fused-ring (bicyclic) bond motifs is 6. The zero-order chi connectivity index (χ0) is 32.0. The molecule has 0 spiro atoms. The third-order valence-electron chi connectivity index (χ3n) is 11.4. The smallest absolute Gasteiger partial charge is 0.319 e. The standard InChI is InChI=1S/C36H39F3N6O2/c1-43-16-23-5-6-24(17-43)45(23)18-36(10-11-36)19-47-35-41-33-27(34(42-35)44-14-21-3-4-22(15-44)40-21)8-7-26(31(33)38)28-13-25(46)12-20-2-9-29(37)32(39)30(20)28/h2,7-9,12-13,21-24,40,46H,3-6,10-11,14-19H2,1H3. The van der Waals surface area contributed by atoms with Crippen molar-refractivity contribution >= 4 is 27.5 Å². The number of rotatable bonds is 7. The number of hydrogen-bond donors (Lipinski definition) is 2. The van der Waals surface area contributed by atoms with Gasteiger partial charge in [-0.2, -0.15) is 9.97 Å². The number of aromatic nitrogens is 2. The zero-order valence-electron chi connectivity index (χ0n) is 26.5. The first-order chi connectivity index (χ1) is 22.7. The number of hydrogen-bond acceptors (Lipinski definition) is 8. The molecule has 4 bridgehead atoms. The Bertz CT molecular complexity index is 1880. The molecule has 9 rings (SSSR count). The molecule has 4 unspecified atom stereocenters. The molecule has 5 fully saturated rings. The van der Waals surface area contributed by atoms with Crippen LogP contribution in [0.4, 0.5) is 19.0 Å². The van der Waals surface area contributed by atoms with Crippen molar-refractivity contribution in [2.75, 3.05) is 51.3 Å². The Kier molecular flexibility index (Phi) is 6.85. The van der Waals surface area contributed by atoms with E-state index in [1.165, 1.54) is 31.0 Å². The highest BCUT2D eigenvalue weighted by molar-refractivity contribution is 6.01. The molecule has 5 heterocycles. The lowest BCUT2D eigenvalue weighted by Gasteiger charge is -2.41. The highest BCUT2D eigenvalue weighted by Gasteiger charge is 2.50. The van der Waals surface area contributed by atoms with Crippen molar-refractivity contribution in [2.45, 2.75) is 62.7 Å². The average molecular weight is 645 g/mol. The summed E-state index contributed by atoms with van der Waals surface area (Å²) in [4.78, 5) is 16.9. The number of piperazine rings is 2. The van der Waals surface area contributed by atoms with E-state index in [2.05, 4.69) is 32.0 Å². The molecular weight excluding hydrogens is 605 g/mol. The Labute approximate surface area is 271 Å². The molecule has 0 radical (unpaired) electrons. The lowest BCUT2D eigenvalue weighted by molar-refractivity contribution is 0.0517. The van der Waals surface area contributed by atoms with Gasteiger partial charge in [0.15, 0.2) is 17.5 Å². The van der Waals surface area contributed by atoms with E-state index < -0.39 is 17.5 Å². The molecule has 11 heteroatoms. The summed E-state index contributed by atoms with van der Waals surface area (Å²) in [5.74, 6) is -2.39. The first-order valence-corrected chi connectivity index (χ1v) is 16.9. The van der Waals surface area contributed by atoms with Crippen molar-refractivity contribution < 1.29 is 23.0 Å². The van der Waals surface area contributed by atoms with Gasteiger partial charge in [-0.3, -0.25) is 4.90 Å². The molecule has 246 valence electrons. The number of phenols is 1. The molecule has 4 atom stereocenters. The molecule has 4 aliphatic heterocycles. The van der Waals surface area contributed by atoms with Crippen LogP contribution in [0.15, 0.2) is 36.4 Å². The largest absolute Gasteiger partial charge is 0.508 e. The third kappa shape index (κ3) is 5.09. The molecule has 3 aromatic carbocycles. The van der Waals surface area contributed by atoms with Crippen LogP contribution in [-0.2, 0) is 0 Å². The minimum atomic E-state index is -1.09. The minimum Gasteiger partial charge on any atom is -0.508 e. The maximum atomic E-state index is 16.8. The number of aromatic hydroxyl groups is 1. The molecule has 1 aromatic heterocycles. The lowest BCUT2D eigenvalue weighted by Crippen LogP contribution is -2.54. The van der Waals surface area contributed by atoms with Crippen molar-refractivity contribution in [3.63, 3.8) is 0 Å². The molecule has 1 aliphatic carbocycles. The molecule has 5 aliphatic rings. The van der Waals surface area contributed by atoms with Crippen LogP contribution >= 0.6 is 0 Å². The van der Waals surface area contributed by atoms with Gasteiger partial charge >= 0.3 is 6.01 Å². The number of benzene rings is 3. The minimum absolute atomic E-state index is 0.0167. The number of ether oxygens (including phenoxy) is 1. The Balaban J connectivity index is 1.10. The summed E-state index contributed by atoms with van der Waals surface area (Å²) in [7, 11) is 2.21. The zero-order valence-corrected chi connectivity index (χ0v) is 26.5. The van der Waals surface area contributed by atoms with Crippen LogP contribution in [0.1, 0.15) is 38.5 Å². The summed E-state index contributed by atoms with van der Waals surface area (Å²) in [5, 5.41) is 14.8. The molecule has 0 amide bonds. The summed E-state index contributed by atoms with van der Waals surface area (Å²) in [6.07, 6.45) is 6.78. The van der Waals surface area contributed by atoms with Crippen LogP contribution in [0.25, 0.3) is 32.8 Å². The van der Waals surface area contributed by atoms with Crippen molar-refractivity contribution in [2.24, 2.45) is 5.41 Å². The van der Waals surface area contributed by atoms with Gasteiger partial charge in [-0.15, -0.1) is 0 Å². The summed E-state index contributed by atoms with van der Waals surface area (Å²) in [6.45, 7) is 5.13. The number of nitrogens with one attached hydrogen (secondary N) is 1. The van der Waals surface area contributed by atoms with Crippen LogP contribution in [0, 0.1) is 22.9 Å². The van der Waals surface area contributed by atoms with Crippen LogP contribution in [-0.4, -0.2) is 95.4 Å². The van der Waals surface area contributed by atoms with Gasteiger partial charge < -0.3 is 25.0 Å². The predicted octanol–water partition coefficient (Wildman–Crippen LogP) is 5.45. The van der Waals surface area contributed by atoms with E-state index in [-0.39, 0.29) is 44.6 Å². The number of phenolic OH excluding ortho intramolecular Hbond substituents is 1. The van der Waals surface area contributed by atoms with Gasteiger partial charge in [0.1, 0.15) is 17.1 Å². The Morgan fingerprint density at radius 3 is 2.36 bits per heavy atom. The normalized spacial score (nSPS) is 26.9. The first kappa shape index (κ1) is 29.5. The van der Waals surface area contributed by atoms with Crippen molar-refractivity contribution in [1.82, 2.24) is 25.1 Å². The van der Waals surface area contributed by atoms with Crippen molar-refractivity contribution in [3.05, 3.63) is 53.8 Å². The van der Waals surface area contributed by atoms with E-state index in [4.69, 9.17) is 9.72 Å². The Morgan fingerprint density at radius 1 is 0.894 bits per heavy atom. The summed E-state index contributed by atoms with van der Waals surface area (Å²) in [5.41, 5.74) is 0.163.